The highest BCUT2D eigenvalue weighted by Gasteiger charge is 2.23. The second-order valence-corrected chi connectivity index (χ2v) is 6.19. The van der Waals surface area contributed by atoms with Crippen molar-refractivity contribution in [1.82, 2.24) is 5.32 Å². The standard InChI is InChI=1S/C15H17NO3S/c1-15(2,13-4-3-7-20-13)9-16-14(19)11-8-10(17)5-6-12(11)18/h3-8,17-18H,9H2,1-2H3,(H,16,19). The number of benzene rings is 1. The molecule has 2 rings (SSSR count). The van der Waals surface area contributed by atoms with Gasteiger partial charge in [-0.05, 0) is 29.6 Å². The molecule has 106 valence electrons. The van der Waals surface area contributed by atoms with Gasteiger partial charge in [-0.2, -0.15) is 0 Å². The summed E-state index contributed by atoms with van der Waals surface area (Å²) in [5.41, 5.74) is -0.108. The summed E-state index contributed by atoms with van der Waals surface area (Å²) in [6.45, 7) is 4.53. The summed E-state index contributed by atoms with van der Waals surface area (Å²) >= 11 is 1.64. The number of hydrogen-bond acceptors (Lipinski definition) is 4. The molecule has 0 radical (unpaired) electrons. The maximum absolute atomic E-state index is 12.1. The lowest BCUT2D eigenvalue weighted by Crippen LogP contribution is -2.36. The lowest BCUT2D eigenvalue weighted by molar-refractivity contribution is 0.0943. The summed E-state index contributed by atoms with van der Waals surface area (Å²) in [4.78, 5) is 13.2. The first-order chi connectivity index (χ1) is 9.40. The van der Waals surface area contributed by atoms with Crippen molar-refractivity contribution in [2.24, 2.45) is 0 Å². The number of nitrogens with one attached hydrogen (secondary N) is 1. The van der Waals surface area contributed by atoms with Gasteiger partial charge in [0.05, 0.1) is 5.56 Å². The fourth-order valence-electron chi connectivity index (χ4n) is 1.85. The fraction of sp³-hybridized carbons (Fsp3) is 0.267. The first-order valence-electron chi connectivity index (χ1n) is 6.24. The van der Waals surface area contributed by atoms with Crippen molar-refractivity contribution in [2.45, 2.75) is 19.3 Å². The van der Waals surface area contributed by atoms with Gasteiger partial charge in [0.1, 0.15) is 11.5 Å². The number of amides is 1. The largest absolute Gasteiger partial charge is 0.508 e. The first kappa shape index (κ1) is 14.4. The molecule has 1 amide bonds. The summed E-state index contributed by atoms with van der Waals surface area (Å²) in [5, 5.41) is 23.8. The summed E-state index contributed by atoms with van der Waals surface area (Å²) in [5.74, 6) is -0.595. The van der Waals surface area contributed by atoms with Crippen LogP contribution in [0, 0.1) is 0 Å². The summed E-state index contributed by atoms with van der Waals surface area (Å²) in [6.07, 6.45) is 0. The molecule has 5 heteroatoms. The van der Waals surface area contributed by atoms with Crippen LogP contribution in [0.2, 0.25) is 0 Å². The van der Waals surface area contributed by atoms with Crippen molar-refractivity contribution in [2.75, 3.05) is 6.54 Å². The number of rotatable bonds is 4. The number of phenols is 2. The Balaban J connectivity index is 2.07. The van der Waals surface area contributed by atoms with Gasteiger partial charge < -0.3 is 15.5 Å². The Morgan fingerprint density at radius 1 is 1.30 bits per heavy atom. The Hall–Kier alpha value is -2.01. The van der Waals surface area contributed by atoms with E-state index in [1.165, 1.54) is 23.1 Å². The predicted octanol–water partition coefficient (Wildman–Crippen LogP) is 2.87. The molecule has 0 aliphatic carbocycles. The second kappa shape index (κ2) is 5.54. The first-order valence-corrected chi connectivity index (χ1v) is 7.12. The molecule has 0 unspecified atom stereocenters. The minimum absolute atomic E-state index is 0.0505. The number of hydrogen-bond donors (Lipinski definition) is 3. The maximum atomic E-state index is 12.1. The molecule has 2 aromatic rings. The van der Waals surface area contributed by atoms with E-state index in [1.807, 2.05) is 31.4 Å². The molecule has 1 aromatic carbocycles. The Morgan fingerprint density at radius 3 is 2.70 bits per heavy atom. The molecule has 1 aromatic heterocycles. The van der Waals surface area contributed by atoms with Crippen LogP contribution in [0.4, 0.5) is 0 Å². The van der Waals surface area contributed by atoms with Gasteiger partial charge in [0.25, 0.3) is 5.91 Å². The van der Waals surface area contributed by atoms with Gasteiger partial charge in [-0.15, -0.1) is 11.3 Å². The maximum Gasteiger partial charge on any atom is 0.255 e. The van der Waals surface area contributed by atoms with E-state index in [4.69, 9.17) is 0 Å². The van der Waals surface area contributed by atoms with Gasteiger partial charge in [0.15, 0.2) is 0 Å². The van der Waals surface area contributed by atoms with E-state index in [0.717, 1.165) is 0 Å². The van der Waals surface area contributed by atoms with E-state index >= 15 is 0 Å². The molecule has 0 saturated carbocycles. The minimum atomic E-state index is -0.400. The van der Waals surface area contributed by atoms with Crippen molar-refractivity contribution in [3.05, 3.63) is 46.2 Å². The fourth-order valence-corrected chi connectivity index (χ4v) is 2.71. The van der Waals surface area contributed by atoms with Gasteiger partial charge in [0, 0.05) is 16.8 Å². The zero-order valence-corrected chi connectivity index (χ0v) is 12.2. The zero-order valence-electron chi connectivity index (χ0n) is 11.4. The van der Waals surface area contributed by atoms with Gasteiger partial charge in [0.2, 0.25) is 0 Å². The Kier molecular flexibility index (Phi) is 3.99. The Morgan fingerprint density at radius 2 is 2.05 bits per heavy atom. The number of thiophene rings is 1. The molecule has 0 atom stereocenters. The lowest BCUT2D eigenvalue weighted by Gasteiger charge is -2.23. The quantitative estimate of drug-likeness (QED) is 0.759. The smallest absolute Gasteiger partial charge is 0.255 e. The van der Waals surface area contributed by atoms with Crippen LogP contribution in [-0.4, -0.2) is 22.7 Å². The highest BCUT2D eigenvalue weighted by Crippen LogP contribution is 2.27. The molecule has 0 aliphatic rings. The van der Waals surface area contributed by atoms with Crippen LogP contribution in [0.15, 0.2) is 35.7 Å². The topological polar surface area (TPSA) is 69.6 Å². The molecule has 20 heavy (non-hydrogen) atoms. The molecular formula is C15H17NO3S. The third-order valence-electron chi connectivity index (χ3n) is 3.10. The highest BCUT2D eigenvalue weighted by molar-refractivity contribution is 7.10. The predicted molar refractivity (Wildman–Crippen MR) is 79.4 cm³/mol. The molecule has 0 saturated heterocycles. The van der Waals surface area contributed by atoms with Crippen LogP contribution >= 0.6 is 11.3 Å². The van der Waals surface area contributed by atoms with Crippen LogP contribution in [-0.2, 0) is 5.41 Å². The van der Waals surface area contributed by atoms with Gasteiger partial charge in [-0.1, -0.05) is 19.9 Å². The second-order valence-electron chi connectivity index (χ2n) is 5.25. The Labute approximate surface area is 121 Å². The van der Waals surface area contributed by atoms with E-state index < -0.39 is 5.91 Å². The van der Waals surface area contributed by atoms with Crippen LogP contribution in [0.25, 0.3) is 0 Å². The molecule has 0 fully saturated rings. The average molecular weight is 291 g/mol. The lowest BCUT2D eigenvalue weighted by atomic mass is 9.91. The van der Waals surface area contributed by atoms with Gasteiger partial charge in [-0.3, -0.25) is 4.79 Å². The SMILES string of the molecule is CC(C)(CNC(=O)c1cc(O)ccc1O)c1cccs1. The number of phenolic OH excluding ortho intramolecular Hbond substituents is 2. The molecule has 0 aliphatic heterocycles. The molecular weight excluding hydrogens is 274 g/mol. The van der Waals surface area contributed by atoms with Crippen molar-refractivity contribution in [1.29, 1.82) is 0 Å². The third-order valence-corrected chi connectivity index (χ3v) is 4.34. The van der Waals surface area contributed by atoms with Gasteiger partial charge in [-0.25, -0.2) is 0 Å². The number of carbonyl (C=O) groups excluding carboxylic acids is 1. The van der Waals surface area contributed by atoms with Crippen LogP contribution in [0.3, 0.4) is 0 Å². The van der Waals surface area contributed by atoms with Crippen molar-refractivity contribution >= 4 is 17.2 Å². The summed E-state index contributed by atoms with van der Waals surface area (Å²) in [7, 11) is 0. The van der Waals surface area contributed by atoms with Crippen molar-refractivity contribution < 1.29 is 15.0 Å². The zero-order chi connectivity index (χ0) is 14.8. The van der Waals surface area contributed by atoms with E-state index in [-0.39, 0.29) is 22.5 Å². The summed E-state index contributed by atoms with van der Waals surface area (Å²) in [6, 6.07) is 7.90. The normalized spacial score (nSPS) is 11.3. The van der Waals surface area contributed by atoms with E-state index in [2.05, 4.69) is 5.32 Å². The van der Waals surface area contributed by atoms with E-state index in [1.54, 1.807) is 11.3 Å². The molecule has 3 N–H and O–H groups in total. The number of aromatic hydroxyl groups is 2. The highest BCUT2D eigenvalue weighted by atomic mass is 32.1. The van der Waals surface area contributed by atoms with E-state index in [0.29, 0.717) is 6.54 Å². The van der Waals surface area contributed by atoms with Crippen LogP contribution < -0.4 is 5.32 Å². The molecule has 4 nitrogen and oxygen atoms in total. The molecule has 0 spiro atoms. The number of carbonyl (C=O) groups is 1. The monoisotopic (exact) mass is 291 g/mol. The Bertz CT molecular complexity index is 606. The summed E-state index contributed by atoms with van der Waals surface area (Å²) < 4.78 is 0. The van der Waals surface area contributed by atoms with Gasteiger partial charge >= 0.3 is 0 Å². The van der Waals surface area contributed by atoms with E-state index in [9.17, 15) is 15.0 Å². The average Bonchev–Trinajstić information content (AvgIpc) is 2.93. The van der Waals surface area contributed by atoms with Crippen molar-refractivity contribution in [3.8, 4) is 11.5 Å². The molecule has 1 heterocycles. The minimum Gasteiger partial charge on any atom is -0.508 e. The van der Waals surface area contributed by atoms with Crippen molar-refractivity contribution in [3.63, 3.8) is 0 Å². The third kappa shape index (κ3) is 3.11. The molecule has 0 bridgehead atoms. The van der Waals surface area contributed by atoms with Crippen LogP contribution in [0.1, 0.15) is 29.1 Å². The van der Waals surface area contributed by atoms with Crippen LogP contribution in [0.5, 0.6) is 11.5 Å².